The largest absolute Gasteiger partial charge is 0.395 e. The van der Waals surface area contributed by atoms with E-state index in [4.69, 9.17) is 5.11 Å². The van der Waals surface area contributed by atoms with Crippen LogP contribution in [0.3, 0.4) is 0 Å². The van der Waals surface area contributed by atoms with Crippen molar-refractivity contribution >= 4 is 0 Å². The van der Waals surface area contributed by atoms with Gasteiger partial charge in [-0.3, -0.25) is 0 Å². The highest BCUT2D eigenvalue weighted by molar-refractivity contribution is 4.88. The van der Waals surface area contributed by atoms with Crippen molar-refractivity contribution in [3.05, 3.63) is 0 Å². The van der Waals surface area contributed by atoms with Gasteiger partial charge in [0.15, 0.2) is 0 Å². The molecule has 0 radical (unpaired) electrons. The van der Waals surface area contributed by atoms with Gasteiger partial charge in [-0.05, 0) is 50.6 Å². The van der Waals surface area contributed by atoms with E-state index in [1.807, 2.05) is 0 Å². The van der Waals surface area contributed by atoms with Crippen molar-refractivity contribution in [2.75, 3.05) is 33.3 Å². The van der Waals surface area contributed by atoms with Crippen molar-refractivity contribution in [1.82, 2.24) is 10.2 Å². The molecule has 0 bridgehead atoms. The molecule has 0 spiro atoms. The third-order valence-electron chi connectivity index (χ3n) is 4.34. The van der Waals surface area contributed by atoms with Gasteiger partial charge in [0.25, 0.3) is 0 Å². The highest BCUT2D eigenvalue weighted by Crippen LogP contribution is 2.34. The third kappa shape index (κ3) is 4.87. The van der Waals surface area contributed by atoms with Gasteiger partial charge in [0.05, 0.1) is 6.61 Å². The number of hydrogen-bond acceptors (Lipinski definition) is 3. The summed E-state index contributed by atoms with van der Waals surface area (Å²) in [6.07, 6.45) is 3.86. The fraction of sp³-hybridized carbons (Fsp3) is 1.00. The van der Waals surface area contributed by atoms with Crippen molar-refractivity contribution in [3.63, 3.8) is 0 Å². The first-order valence-electron chi connectivity index (χ1n) is 7.61. The quantitative estimate of drug-likeness (QED) is 0.731. The van der Waals surface area contributed by atoms with E-state index in [1.54, 1.807) is 0 Å². The number of nitrogens with one attached hydrogen (secondary N) is 1. The Morgan fingerprint density at radius 3 is 2.61 bits per heavy atom. The summed E-state index contributed by atoms with van der Waals surface area (Å²) in [5.41, 5.74) is 0. The molecule has 4 atom stereocenters. The minimum absolute atomic E-state index is 0.265. The lowest BCUT2D eigenvalue weighted by molar-refractivity contribution is 0.103. The fourth-order valence-corrected chi connectivity index (χ4v) is 3.40. The maximum absolute atomic E-state index is 9.02. The average molecular weight is 256 g/mol. The second-order valence-electron chi connectivity index (χ2n) is 6.26. The van der Waals surface area contributed by atoms with E-state index in [0.29, 0.717) is 6.04 Å². The highest BCUT2D eigenvalue weighted by atomic mass is 16.3. The Labute approximate surface area is 113 Å². The first kappa shape index (κ1) is 15.9. The molecule has 108 valence electrons. The molecule has 0 aromatic carbocycles. The second-order valence-corrected chi connectivity index (χ2v) is 6.26. The van der Waals surface area contributed by atoms with Crippen LogP contribution >= 0.6 is 0 Å². The monoisotopic (exact) mass is 256 g/mol. The van der Waals surface area contributed by atoms with Gasteiger partial charge in [-0.1, -0.05) is 20.8 Å². The molecule has 0 amide bonds. The topological polar surface area (TPSA) is 35.5 Å². The molecular weight excluding hydrogens is 224 g/mol. The lowest BCUT2D eigenvalue weighted by Crippen LogP contribution is -2.49. The number of aliphatic hydroxyl groups is 1. The molecule has 0 heterocycles. The SMILES string of the molecule is CCCNC1CC(C)CC(C)C1CN(C)CCO. The van der Waals surface area contributed by atoms with Gasteiger partial charge in [0.1, 0.15) is 0 Å². The normalized spacial score (nSPS) is 33.0. The summed E-state index contributed by atoms with van der Waals surface area (Å²) >= 11 is 0. The molecule has 4 unspecified atom stereocenters. The Morgan fingerprint density at radius 2 is 2.00 bits per heavy atom. The Bertz CT molecular complexity index is 223. The highest BCUT2D eigenvalue weighted by Gasteiger charge is 2.33. The Kier molecular flexibility index (Phi) is 7.20. The zero-order valence-corrected chi connectivity index (χ0v) is 12.7. The summed E-state index contributed by atoms with van der Waals surface area (Å²) in [6, 6.07) is 0.657. The number of nitrogens with zero attached hydrogens (tertiary/aromatic N) is 1. The molecule has 1 fully saturated rings. The van der Waals surface area contributed by atoms with E-state index >= 15 is 0 Å². The van der Waals surface area contributed by atoms with Crippen molar-refractivity contribution in [2.24, 2.45) is 17.8 Å². The smallest absolute Gasteiger partial charge is 0.0558 e. The molecule has 2 N–H and O–H groups in total. The van der Waals surface area contributed by atoms with Gasteiger partial charge in [-0.2, -0.15) is 0 Å². The van der Waals surface area contributed by atoms with Crippen LogP contribution in [0.25, 0.3) is 0 Å². The van der Waals surface area contributed by atoms with Crippen LogP contribution in [0.1, 0.15) is 40.0 Å². The zero-order chi connectivity index (χ0) is 13.5. The predicted octanol–water partition coefficient (Wildman–Crippen LogP) is 1.96. The van der Waals surface area contributed by atoms with Crippen molar-refractivity contribution in [1.29, 1.82) is 0 Å². The Hall–Kier alpha value is -0.120. The molecule has 1 saturated carbocycles. The first-order valence-corrected chi connectivity index (χ1v) is 7.61. The van der Waals surface area contributed by atoms with Crippen LogP contribution < -0.4 is 5.32 Å². The fourth-order valence-electron chi connectivity index (χ4n) is 3.40. The minimum Gasteiger partial charge on any atom is -0.395 e. The molecule has 3 nitrogen and oxygen atoms in total. The maximum atomic E-state index is 9.02. The number of likely N-dealkylation sites (N-methyl/N-ethyl adjacent to an activating group) is 1. The minimum atomic E-state index is 0.265. The van der Waals surface area contributed by atoms with E-state index in [0.717, 1.165) is 37.4 Å². The van der Waals surface area contributed by atoms with E-state index in [9.17, 15) is 0 Å². The van der Waals surface area contributed by atoms with Gasteiger partial charge < -0.3 is 15.3 Å². The molecule has 0 aliphatic heterocycles. The van der Waals surface area contributed by atoms with Gasteiger partial charge in [-0.15, -0.1) is 0 Å². The number of hydrogen-bond donors (Lipinski definition) is 2. The van der Waals surface area contributed by atoms with Crippen LogP contribution in [-0.4, -0.2) is 49.3 Å². The summed E-state index contributed by atoms with van der Waals surface area (Å²) in [4.78, 5) is 2.28. The summed E-state index contributed by atoms with van der Waals surface area (Å²) in [7, 11) is 2.12. The summed E-state index contributed by atoms with van der Waals surface area (Å²) in [5.74, 6) is 2.35. The van der Waals surface area contributed by atoms with Gasteiger partial charge in [0, 0.05) is 19.1 Å². The van der Waals surface area contributed by atoms with Crippen LogP contribution in [0.2, 0.25) is 0 Å². The van der Waals surface area contributed by atoms with Crippen LogP contribution in [0.4, 0.5) is 0 Å². The Balaban J connectivity index is 2.56. The lowest BCUT2D eigenvalue weighted by Gasteiger charge is -2.42. The third-order valence-corrected chi connectivity index (χ3v) is 4.34. The molecule has 0 saturated heterocycles. The van der Waals surface area contributed by atoms with E-state index in [2.05, 4.69) is 38.0 Å². The van der Waals surface area contributed by atoms with Crippen LogP contribution in [0, 0.1) is 17.8 Å². The van der Waals surface area contributed by atoms with E-state index < -0.39 is 0 Å². The maximum Gasteiger partial charge on any atom is 0.0558 e. The van der Waals surface area contributed by atoms with Crippen LogP contribution in [-0.2, 0) is 0 Å². The molecule has 3 heteroatoms. The molecule has 1 aliphatic carbocycles. The van der Waals surface area contributed by atoms with Crippen LogP contribution in [0.15, 0.2) is 0 Å². The van der Waals surface area contributed by atoms with Gasteiger partial charge in [-0.25, -0.2) is 0 Å². The summed E-state index contributed by atoms with van der Waals surface area (Å²) in [6.45, 7) is 10.3. The standard InChI is InChI=1S/C15H32N2O/c1-5-6-16-15-10-12(2)9-13(3)14(15)11-17(4)7-8-18/h12-16,18H,5-11H2,1-4H3. The predicted molar refractivity (Wildman–Crippen MR) is 77.7 cm³/mol. The molecule has 0 aromatic rings. The Morgan fingerprint density at radius 1 is 1.28 bits per heavy atom. The lowest BCUT2D eigenvalue weighted by atomic mass is 9.72. The van der Waals surface area contributed by atoms with Gasteiger partial charge >= 0.3 is 0 Å². The van der Waals surface area contributed by atoms with E-state index in [-0.39, 0.29) is 6.61 Å². The average Bonchev–Trinajstić information content (AvgIpc) is 2.30. The van der Waals surface area contributed by atoms with Crippen molar-refractivity contribution < 1.29 is 5.11 Å². The van der Waals surface area contributed by atoms with Crippen molar-refractivity contribution in [2.45, 2.75) is 46.1 Å². The number of rotatable bonds is 7. The summed E-state index contributed by atoms with van der Waals surface area (Å²) in [5, 5.41) is 12.8. The molecule has 0 aromatic heterocycles. The molecule has 1 rings (SSSR count). The number of aliphatic hydroxyl groups excluding tert-OH is 1. The van der Waals surface area contributed by atoms with Gasteiger partial charge in [0.2, 0.25) is 0 Å². The molecule has 1 aliphatic rings. The molecular formula is C15H32N2O. The second kappa shape index (κ2) is 8.13. The molecule has 18 heavy (non-hydrogen) atoms. The zero-order valence-electron chi connectivity index (χ0n) is 12.7. The van der Waals surface area contributed by atoms with E-state index in [1.165, 1.54) is 19.3 Å². The van der Waals surface area contributed by atoms with Crippen molar-refractivity contribution in [3.8, 4) is 0 Å². The summed E-state index contributed by atoms with van der Waals surface area (Å²) < 4.78 is 0. The van der Waals surface area contributed by atoms with Crippen LogP contribution in [0.5, 0.6) is 0 Å². The first-order chi connectivity index (χ1) is 8.58.